The van der Waals surface area contributed by atoms with E-state index < -0.39 is 0 Å². The van der Waals surface area contributed by atoms with E-state index in [4.69, 9.17) is 4.52 Å². The number of hydrogen-bond acceptors (Lipinski definition) is 4. The minimum atomic E-state index is -0.0928. The van der Waals surface area contributed by atoms with Crippen molar-refractivity contribution in [2.45, 2.75) is 19.5 Å². The topological polar surface area (TPSA) is 67.2 Å². The summed E-state index contributed by atoms with van der Waals surface area (Å²) in [4.78, 5) is 12.0. The number of nitrogens with zero attached hydrogens (tertiary/aromatic N) is 1. The van der Waals surface area contributed by atoms with Crippen LogP contribution in [-0.4, -0.2) is 17.6 Å². The fourth-order valence-electron chi connectivity index (χ4n) is 2.22. The van der Waals surface area contributed by atoms with Gasteiger partial charge in [-0.05, 0) is 36.2 Å². The summed E-state index contributed by atoms with van der Waals surface area (Å²) in [6, 6.07) is 7.60. The standard InChI is InChI=1S/C14H15N3O2/c18-14(16-9-13-4-6-17-19-13)11-2-1-10-3-5-15-8-12(10)7-11/h1-2,4,6-7,15H,3,5,8-9H2,(H,16,18). The Hall–Kier alpha value is -2.14. The third kappa shape index (κ3) is 2.66. The summed E-state index contributed by atoms with van der Waals surface area (Å²) in [7, 11) is 0. The largest absolute Gasteiger partial charge is 0.360 e. The molecule has 0 unspecified atom stereocenters. The second kappa shape index (κ2) is 5.24. The van der Waals surface area contributed by atoms with Gasteiger partial charge in [0.2, 0.25) is 0 Å². The fourth-order valence-corrected chi connectivity index (χ4v) is 2.22. The van der Waals surface area contributed by atoms with Gasteiger partial charge in [-0.25, -0.2) is 0 Å². The van der Waals surface area contributed by atoms with Gasteiger partial charge in [0.25, 0.3) is 5.91 Å². The summed E-state index contributed by atoms with van der Waals surface area (Å²) in [6.07, 6.45) is 2.58. The van der Waals surface area contributed by atoms with Gasteiger partial charge in [0.15, 0.2) is 5.76 Å². The minimum absolute atomic E-state index is 0.0928. The van der Waals surface area contributed by atoms with Crippen molar-refractivity contribution < 1.29 is 9.32 Å². The van der Waals surface area contributed by atoms with E-state index >= 15 is 0 Å². The van der Waals surface area contributed by atoms with Gasteiger partial charge in [-0.2, -0.15) is 0 Å². The second-order valence-electron chi connectivity index (χ2n) is 4.57. The number of carbonyl (C=O) groups is 1. The molecule has 5 heteroatoms. The van der Waals surface area contributed by atoms with E-state index in [1.807, 2.05) is 18.2 Å². The highest BCUT2D eigenvalue weighted by Crippen LogP contribution is 2.15. The summed E-state index contributed by atoms with van der Waals surface area (Å²) in [5, 5.41) is 9.72. The molecule has 3 rings (SSSR count). The number of benzene rings is 1. The molecule has 0 aliphatic carbocycles. The van der Waals surface area contributed by atoms with Crippen molar-refractivity contribution >= 4 is 5.91 Å². The monoisotopic (exact) mass is 257 g/mol. The molecule has 98 valence electrons. The first-order valence-corrected chi connectivity index (χ1v) is 6.33. The third-order valence-electron chi connectivity index (χ3n) is 3.27. The first kappa shape index (κ1) is 11.9. The van der Waals surface area contributed by atoms with Crippen molar-refractivity contribution in [1.29, 1.82) is 0 Å². The zero-order chi connectivity index (χ0) is 13.1. The molecule has 2 heterocycles. The van der Waals surface area contributed by atoms with Gasteiger partial charge < -0.3 is 15.2 Å². The zero-order valence-corrected chi connectivity index (χ0v) is 10.5. The molecule has 1 aliphatic heterocycles. The van der Waals surface area contributed by atoms with Gasteiger partial charge in [0.1, 0.15) is 0 Å². The minimum Gasteiger partial charge on any atom is -0.360 e. The van der Waals surface area contributed by atoms with Crippen LogP contribution >= 0.6 is 0 Å². The Balaban J connectivity index is 1.69. The van der Waals surface area contributed by atoms with Crippen LogP contribution in [0.2, 0.25) is 0 Å². The number of fused-ring (bicyclic) bond motifs is 1. The molecule has 2 N–H and O–H groups in total. The molecule has 0 spiro atoms. The Kier molecular flexibility index (Phi) is 3.29. The molecular weight excluding hydrogens is 242 g/mol. The first-order valence-electron chi connectivity index (χ1n) is 6.33. The summed E-state index contributed by atoms with van der Waals surface area (Å²) in [5.41, 5.74) is 3.21. The highest BCUT2D eigenvalue weighted by Gasteiger charge is 2.12. The maximum atomic E-state index is 12.0. The Labute approximate surface area is 111 Å². The lowest BCUT2D eigenvalue weighted by molar-refractivity contribution is 0.0947. The van der Waals surface area contributed by atoms with Crippen molar-refractivity contribution in [2.24, 2.45) is 0 Å². The number of nitrogens with one attached hydrogen (secondary N) is 2. The maximum Gasteiger partial charge on any atom is 0.251 e. The molecule has 1 aromatic heterocycles. The predicted molar refractivity (Wildman–Crippen MR) is 69.5 cm³/mol. The van der Waals surface area contributed by atoms with Crippen LogP contribution in [0.3, 0.4) is 0 Å². The highest BCUT2D eigenvalue weighted by molar-refractivity contribution is 5.94. The zero-order valence-electron chi connectivity index (χ0n) is 10.5. The predicted octanol–water partition coefficient (Wildman–Crippen LogP) is 1.25. The molecular formula is C14H15N3O2. The molecule has 0 saturated carbocycles. The van der Waals surface area contributed by atoms with Crippen LogP contribution in [0.15, 0.2) is 35.0 Å². The molecule has 1 aromatic carbocycles. The molecule has 5 nitrogen and oxygen atoms in total. The van der Waals surface area contributed by atoms with E-state index in [1.165, 1.54) is 11.1 Å². The molecule has 2 aromatic rings. The maximum absolute atomic E-state index is 12.0. The van der Waals surface area contributed by atoms with E-state index in [0.29, 0.717) is 17.9 Å². The summed E-state index contributed by atoms with van der Waals surface area (Å²) in [6.45, 7) is 2.19. The summed E-state index contributed by atoms with van der Waals surface area (Å²) < 4.78 is 4.94. The van der Waals surface area contributed by atoms with Crippen LogP contribution in [0.4, 0.5) is 0 Å². The molecule has 0 saturated heterocycles. The van der Waals surface area contributed by atoms with Crippen molar-refractivity contribution in [3.8, 4) is 0 Å². The molecule has 19 heavy (non-hydrogen) atoms. The van der Waals surface area contributed by atoms with Crippen molar-refractivity contribution in [1.82, 2.24) is 15.8 Å². The summed E-state index contributed by atoms with van der Waals surface area (Å²) >= 11 is 0. The van der Waals surface area contributed by atoms with E-state index in [2.05, 4.69) is 15.8 Å². The van der Waals surface area contributed by atoms with Gasteiger partial charge >= 0.3 is 0 Å². The quantitative estimate of drug-likeness (QED) is 0.868. The normalized spacial score (nSPS) is 13.9. The molecule has 1 aliphatic rings. The average molecular weight is 257 g/mol. The Morgan fingerprint density at radius 2 is 2.32 bits per heavy atom. The number of aromatic nitrogens is 1. The Bertz CT molecular complexity index is 578. The van der Waals surface area contributed by atoms with Crippen molar-refractivity contribution in [3.63, 3.8) is 0 Å². The third-order valence-corrected chi connectivity index (χ3v) is 3.27. The van der Waals surface area contributed by atoms with E-state index in [-0.39, 0.29) is 5.91 Å². The SMILES string of the molecule is O=C(NCc1ccno1)c1ccc2c(c1)CNCC2. The van der Waals surface area contributed by atoms with Gasteiger partial charge in [-0.15, -0.1) is 0 Å². The lowest BCUT2D eigenvalue weighted by atomic mass is 9.98. The lowest BCUT2D eigenvalue weighted by Crippen LogP contribution is -2.26. The van der Waals surface area contributed by atoms with Crippen molar-refractivity contribution in [3.05, 3.63) is 52.9 Å². The number of amides is 1. The van der Waals surface area contributed by atoms with Gasteiger partial charge in [-0.1, -0.05) is 11.2 Å². The van der Waals surface area contributed by atoms with Crippen LogP contribution in [0.5, 0.6) is 0 Å². The summed E-state index contributed by atoms with van der Waals surface area (Å²) in [5.74, 6) is 0.553. The lowest BCUT2D eigenvalue weighted by Gasteiger charge is -2.17. The van der Waals surface area contributed by atoms with Gasteiger partial charge in [0, 0.05) is 18.2 Å². The number of carbonyl (C=O) groups excluding carboxylic acids is 1. The van der Waals surface area contributed by atoms with Crippen LogP contribution < -0.4 is 10.6 Å². The van der Waals surface area contributed by atoms with Crippen LogP contribution in [0, 0.1) is 0 Å². The smallest absolute Gasteiger partial charge is 0.251 e. The number of rotatable bonds is 3. The average Bonchev–Trinajstić information content (AvgIpc) is 2.97. The Morgan fingerprint density at radius 1 is 1.37 bits per heavy atom. The van der Waals surface area contributed by atoms with Crippen LogP contribution in [0.1, 0.15) is 27.2 Å². The second-order valence-corrected chi connectivity index (χ2v) is 4.57. The highest BCUT2D eigenvalue weighted by atomic mass is 16.5. The Morgan fingerprint density at radius 3 is 3.16 bits per heavy atom. The molecule has 0 fully saturated rings. The van der Waals surface area contributed by atoms with Crippen molar-refractivity contribution in [2.75, 3.05) is 6.54 Å². The molecule has 1 amide bonds. The molecule has 0 bridgehead atoms. The van der Waals surface area contributed by atoms with Crippen LogP contribution in [-0.2, 0) is 19.5 Å². The first-order chi connectivity index (χ1) is 9.33. The van der Waals surface area contributed by atoms with Gasteiger partial charge in [-0.3, -0.25) is 4.79 Å². The fraction of sp³-hybridized carbons (Fsp3) is 0.286. The van der Waals surface area contributed by atoms with Crippen LogP contribution in [0.25, 0.3) is 0 Å². The van der Waals surface area contributed by atoms with E-state index in [9.17, 15) is 4.79 Å². The van der Waals surface area contributed by atoms with E-state index in [1.54, 1.807) is 12.3 Å². The molecule has 0 atom stereocenters. The molecule has 0 radical (unpaired) electrons. The number of hydrogen-bond donors (Lipinski definition) is 2. The van der Waals surface area contributed by atoms with E-state index in [0.717, 1.165) is 19.5 Å². The van der Waals surface area contributed by atoms with Gasteiger partial charge in [0.05, 0.1) is 12.7 Å².